The summed E-state index contributed by atoms with van der Waals surface area (Å²) in [6.45, 7) is 4.87. The van der Waals surface area contributed by atoms with Crippen LogP contribution in [0, 0.1) is 13.8 Å². The maximum atomic E-state index is 12.2. The first kappa shape index (κ1) is 19.2. The second-order valence-electron chi connectivity index (χ2n) is 7.20. The lowest BCUT2D eigenvalue weighted by Gasteiger charge is -2.09. The number of ether oxygens (including phenoxy) is 1. The summed E-state index contributed by atoms with van der Waals surface area (Å²) in [5.41, 5.74) is 5.72. The number of Topliss-reactive ketones (excluding diaryl/α,β-unsaturated/α-hetero) is 1. The molecule has 0 aliphatic heterocycles. The zero-order valence-corrected chi connectivity index (χ0v) is 16.1. The van der Waals surface area contributed by atoms with Crippen LogP contribution in [0.1, 0.15) is 51.9 Å². The van der Waals surface area contributed by atoms with Crippen LogP contribution in [0.5, 0.6) is 5.75 Å². The third-order valence-corrected chi connectivity index (χ3v) is 5.17. The van der Waals surface area contributed by atoms with Crippen LogP contribution in [-0.2, 0) is 17.6 Å². The Morgan fingerprint density at radius 2 is 1.78 bits per heavy atom. The molecule has 1 amide bonds. The molecule has 1 N–H and O–H groups in total. The molecule has 0 heterocycles. The van der Waals surface area contributed by atoms with Gasteiger partial charge in [0.05, 0.1) is 6.54 Å². The number of aryl methyl sites for hydroxylation is 4. The number of nitrogens with one attached hydrogen (secondary N) is 1. The van der Waals surface area contributed by atoms with E-state index >= 15 is 0 Å². The molecule has 0 aromatic heterocycles. The van der Waals surface area contributed by atoms with Crippen LogP contribution >= 0.6 is 0 Å². The summed E-state index contributed by atoms with van der Waals surface area (Å²) >= 11 is 0. The van der Waals surface area contributed by atoms with Crippen molar-refractivity contribution >= 4 is 11.7 Å². The number of benzene rings is 2. The van der Waals surface area contributed by atoms with Crippen molar-refractivity contribution in [3.63, 3.8) is 0 Å². The van der Waals surface area contributed by atoms with Gasteiger partial charge >= 0.3 is 0 Å². The minimum atomic E-state index is -0.121. The average molecular weight is 365 g/mol. The molecule has 0 saturated heterocycles. The fourth-order valence-corrected chi connectivity index (χ4v) is 3.37. The highest BCUT2D eigenvalue weighted by Crippen LogP contribution is 2.25. The SMILES string of the molecule is Cc1ccc(C(=O)CCC(=O)NCCOc2ccc3c(c2)CCC3)cc1C. The van der Waals surface area contributed by atoms with Crippen LogP contribution < -0.4 is 10.1 Å². The van der Waals surface area contributed by atoms with Crippen LogP contribution in [-0.4, -0.2) is 24.8 Å². The predicted octanol–water partition coefficient (Wildman–Crippen LogP) is 3.95. The van der Waals surface area contributed by atoms with Crippen molar-refractivity contribution in [2.24, 2.45) is 0 Å². The van der Waals surface area contributed by atoms with Crippen molar-refractivity contribution in [2.45, 2.75) is 46.0 Å². The summed E-state index contributed by atoms with van der Waals surface area (Å²) in [6, 6.07) is 11.9. The van der Waals surface area contributed by atoms with Crippen LogP contribution in [0.15, 0.2) is 36.4 Å². The minimum absolute atomic E-state index is 0.00245. The van der Waals surface area contributed by atoms with Gasteiger partial charge in [-0.05, 0) is 73.6 Å². The molecule has 3 rings (SSSR count). The van der Waals surface area contributed by atoms with E-state index in [1.165, 1.54) is 17.5 Å². The number of ketones is 1. The highest BCUT2D eigenvalue weighted by Gasteiger charge is 2.12. The molecule has 0 saturated carbocycles. The Morgan fingerprint density at radius 3 is 2.59 bits per heavy atom. The molecule has 4 heteroatoms. The van der Waals surface area contributed by atoms with Crippen molar-refractivity contribution in [3.8, 4) is 5.75 Å². The normalized spacial score (nSPS) is 12.5. The Kier molecular flexibility index (Phi) is 6.28. The third-order valence-electron chi connectivity index (χ3n) is 5.17. The van der Waals surface area contributed by atoms with E-state index in [4.69, 9.17) is 4.74 Å². The summed E-state index contributed by atoms with van der Waals surface area (Å²) < 4.78 is 5.72. The van der Waals surface area contributed by atoms with E-state index < -0.39 is 0 Å². The van der Waals surface area contributed by atoms with Gasteiger partial charge in [-0.1, -0.05) is 18.2 Å². The fraction of sp³-hybridized carbons (Fsp3) is 0.391. The second-order valence-corrected chi connectivity index (χ2v) is 7.20. The van der Waals surface area contributed by atoms with E-state index in [-0.39, 0.29) is 24.5 Å². The molecule has 2 aromatic rings. The molecule has 1 aliphatic carbocycles. The van der Waals surface area contributed by atoms with Crippen molar-refractivity contribution in [3.05, 3.63) is 64.2 Å². The van der Waals surface area contributed by atoms with Gasteiger partial charge in [0, 0.05) is 18.4 Å². The molecule has 27 heavy (non-hydrogen) atoms. The largest absolute Gasteiger partial charge is 0.492 e. The van der Waals surface area contributed by atoms with Crippen LogP contribution in [0.3, 0.4) is 0 Å². The van der Waals surface area contributed by atoms with E-state index in [9.17, 15) is 9.59 Å². The first-order valence-corrected chi connectivity index (χ1v) is 9.64. The van der Waals surface area contributed by atoms with Crippen molar-refractivity contribution in [2.75, 3.05) is 13.2 Å². The van der Waals surface area contributed by atoms with Gasteiger partial charge in [-0.2, -0.15) is 0 Å². The lowest BCUT2D eigenvalue weighted by Crippen LogP contribution is -2.28. The molecule has 0 fully saturated rings. The van der Waals surface area contributed by atoms with Gasteiger partial charge in [-0.3, -0.25) is 9.59 Å². The Balaban J connectivity index is 1.36. The van der Waals surface area contributed by atoms with E-state index in [1.54, 1.807) is 0 Å². The van der Waals surface area contributed by atoms with Gasteiger partial charge in [-0.15, -0.1) is 0 Å². The number of hydrogen-bond acceptors (Lipinski definition) is 3. The number of hydrogen-bond donors (Lipinski definition) is 1. The number of rotatable bonds is 8. The molecule has 0 bridgehead atoms. The Hall–Kier alpha value is -2.62. The first-order chi connectivity index (χ1) is 13.0. The molecule has 0 radical (unpaired) electrons. The highest BCUT2D eigenvalue weighted by molar-refractivity contribution is 5.98. The minimum Gasteiger partial charge on any atom is -0.492 e. The summed E-state index contributed by atoms with van der Waals surface area (Å²) in [6.07, 6.45) is 3.92. The predicted molar refractivity (Wildman–Crippen MR) is 106 cm³/mol. The maximum Gasteiger partial charge on any atom is 0.220 e. The quantitative estimate of drug-likeness (QED) is 0.569. The first-order valence-electron chi connectivity index (χ1n) is 9.64. The van der Waals surface area contributed by atoms with E-state index in [2.05, 4.69) is 17.4 Å². The zero-order valence-electron chi connectivity index (χ0n) is 16.1. The van der Waals surface area contributed by atoms with E-state index in [0.717, 1.165) is 29.7 Å². The number of fused-ring (bicyclic) bond motifs is 1. The van der Waals surface area contributed by atoms with Crippen molar-refractivity contribution in [1.29, 1.82) is 0 Å². The fourth-order valence-electron chi connectivity index (χ4n) is 3.37. The Bertz CT molecular complexity index is 842. The summed E-state index contributed by atoms with van der Waals surface area (Å²) in [5.74, 6) is 0.738. The molecule has 142 valence electrons. The monoisotopic (exact) mass is 365 g/mol. The van der Waals surface area contributed by atoms with Gasteiger partial charge in [0.1, 0.15) is 12.4 Å². The number of amides is 1. The molecule has 0 spiro atoms. The van der Waals surface area contributed by atoms with Crippen LogP contribution in [0.4, 0.5) is 0 Å². The molecule has 1 aliphatic rings. The van der Waals surface area contributed by atoms with Crippen molar-refractivity contribution < 1.29 is 14.3 Å². The van der Waals surface area contributed by atoms with E-state index in [1.807, 2.05) is 38.1 Å². The van der Waals surface area contributed by atoms with Gasteiger partial charge in [0.25, 0.3) is 0 Å². The summed E-state index contributed by atoms with van der Waals surface area (Å²) in [7, 11) is 0. The van der Waals surface area contributed by atoms with Crippen LogP contribution in [0.2, 0.25) is 0 Å². The van der Waals surface area contributed by atoms with Gasteiger partial charge in [0.15, 0.2) is 5.78 Å². The average Bonchev–Trinajstić information content (AvgIpc) is 3.13. The topological polar surface area (TPSA) is 55.4 Å². The smallest absolute Gasteiger partial charge is 0.220 e. The summed E-state index contributed by atoms with van der Waals surface area (Å²) in [4.78, 5) is 24.2. The standard InChI is InChI=1S/C23H27NO3/c1-16-6-7-20(14-17(16)2)22(25)10-11-23(26)24-12-13-27-21-9-8-18-4-3-5-19(18)15-21/h6-9,14-15H,3-5,10-13H2,1-2H3,(H,24,26). The highest BCUT2D eigenvalue weighted by atomic mass is 16.5. The molecule has 0 unspecified atom stereocenters. The van der Waals surface area contributed by atoms with Crippen LogP contribution in [0.25, 0.3) is 0 Å². The Morgan fingerprint density at radius 1 is 0.963 bits per heavy atom. The lowest BCUT2D eigenvalue weighted by atomic mass is 10.0. The molecular formula is C23H27NO3. The lowest BCUT2D eigenvalue weighted by molar-refractivity contribution is -0.121. The number of carbonyl (C=O) groups excluding carboxylic acids is 2. The maximum absolute atomic E-state index is 12.2. The van der Waals surface area contributed by atoms with Gasteiger partial charge in [0.2, 0.25) is 5.91 Å². The number of carbonyl (C=O) groups is 2. The van der Waals surface area contributed by atoms with E-state index in [0.29, 0.717) is 18.7 Å². The van der Waals surface area contributed by atoms with Crippen molar-refractivity contribution in [1.82, 2.24) is 5.32 Å². The zero-order chi connectivity index (χ0) is 19.2. The molecule has 2 aromatic carbocycles. The van der Waals surface area contributed by atoms with Gasteiger partial charge < -0.3 is 10.1 Å². The van der Waals surface area contributed by atoms with Gasteiger partial charge in [-0.25, -0.2) is 0 Å². The third kappa shape index (κ3) is 5.19. The molecule has 4 nitrogen and oxygen atoms in total. The Labute approximate surface area is 160 Å². The second kappa shape index (κ2) is 8.85. The molecular weight excluding hydrogens is 338 g/mol. The molecule has 0 atom stereocenters. The summed E-state index contributed by atoms with van der Waals surface area (Å²) in [5, 5.41) is 2.82.